The van der Waals surface area contributed by atoms with Crippen molar-refractivity contribution in [2.75, 3.05) is 6.54 Å². The van der Waals surface area contributed by atoms with E-state index in [2.05, 4.69) is 25.9 Å². The second kappa shape index (κ2) is 7.45. The van der Waals surface area contributed by atoms with Crippen molar-refractivity contribution in [2.45, 2.75) is 13.8 Å². The summed E-state index contributed by atoms with van der Waals surface area (Å²) < 4.78 is 18.4. The quantitative estimate of drug-likeness (QED) is 0.444. The SMILES string of the molecule is CC(C)CN=C(/N=C(\[NH-])Br)Oc1cc(F)cc(Cl)c1. The number of aliphatic imine (C=N–C) groups is 2. The van der Waals surface area contributed by atoms with Gasteiger partial charge >= 0.3 is 0 Å². The molecule has 104 valence electrons. The van der Waals surface area contributed by atoms with Gasteiger partial charge in [0, 0.05) is 17.6 Å². The van der Waals surface area contributed by atoms with E-state index in [0.717, 1.165) is 0 Å². The van der Waals surface area contributed by atoms with Crippen molar-refractivity contribution in [3.8, 4) is 5.75 Å². The van der Waals surface area contributed by atoms with E-state index in [-0.39, 0.29) is 21.5 Å². The van der Waals surface area contributed by atoms with E-state index in [1.807, 2.05) is 13.8 Å². The predicted molar refractivity (Wildman–Crippen MR) is 79.9 cm³/mol. The average molecular weight is 350 g/mol. The molecule has 0 aliphatic heterocycles. The molecule has 0 spiro atoms. The van der Waals surface area contributed by atoms with Crippen LogP contribution in [0.1, 0.15) is 13.8 Å². The van der Waals surface area contributed by atoms with Gasteiger partial charge in [-0.25, -0.2) is 4.39 Å². The van der Waals surface area contributed by atoms with Crippen LogP contribution in [-0.2, 0) is 0 Å². The largest absolute Gasteiger partial charge is 0.476 e. The second-order valence-corrected chi connectivity index (χ2v) is 5.31. The fourth-order valence-corrected chi connectivity index (χ4v) is 1.49. The number of hydrogen-bond donors (Lipinski definition) is 0. The lowest BCUT2D eigenvalue weighted by Gasteiger charge is -2.12. The highest BCUT2D eigenvalue weighted by Crippen LogP contribution is 2.20. The minimum absolute atomic E-state index is 0.0164. The molecule has 0 bridgehead atoms. The minimum Gasteiger partial charge on any atom is -0.476 e. The maximum absolute atomic E-state index is 13.2. The molecule has 0 atom stereocenters. The minimum atomic E-state index is -0.514. The first-order valence-corrected chi connectivity index (χ1v) is 6.68. The zero-order valence-corrected chi connectivity index (χ0v) is 12.8. The highest BCUT2D eigenvalue weighted by Gasteiger charge is 2.02. The fourth-order valence-electron chi connectivity index (χ4n) is 1.13. The Bertz CT molecular complexity index is 481. The van der Waals surface area contributed by atoms with Crippen LogP contribution in [0.3, 0.4) is 0 Å². The van der Waals surface area contributed by atoms with Crippen LogP contribution in [0.5, 0.6) is 5.75 Å². The Balaban J connectivity index is 2.93. The van der Waals surface area contributed by atoms with Gasteiger partial charge in [-0.15, -0.1) is 0 Å². The molecular weight excluding hydrogens is 337 g/mol. The van der Waals surface area contributed by atoms with E-state index in [4.69, 9.17) is 22.1 Å². The molecule has 1 aromatic carbocycles. The maximum atomic E-state index is 13.2. The van der Waals surface area contributed by atoms with Crippen LogP contribution in [-0.4, -0.2) is 17.3 Å². The van der Waals surface area contributed by atoms with Crippen LogP contribution in [0.4, 0.5) is 4.39 Å². The van der Waals surface area contributed by atoms with E-state index in [0.29, 0.717) is 12.5 Å². The Morgan fingerprint density at radius 1 is 1.47 bits per heavy atom. The fraction of sp³-hybridized carbons (Fsp3) is 0.333. The number of benzene rings is 1. The van der Waals surface area contributed by atoms with Gasteiger partial charge in [0.1, 0.15) is 11.6 Å². The molecule has 1 aromatic rings. The Morgan fingerprint density at radius 2 is 2.16 bits per heavy atom. The summed E-state index contributed by atoms with van der Waals surface area (Å²) in [6, 6.07) is 3.77. The van der Waals surface area contributed by atoms with Gasteiger partial charge in [0.2, 0.25) is 6.02 Å². The standard InChI is InChI=1S/C12H13BrClFN3O/c1-7(2)6-17-12(18-11(13)16)19-10-4-8(14)3-9(15)5-10/h3-5,7H,6H2,1-2H3,(H-,16,17,18)/q-1. The van der Waals surface area contributed by atoms with Crippen molar-refractivity contribution in [3.63, 3.8) is 0 Å². The van der Waals surface area contributed by atoms with E-state index < -0.39 is 5.82 Å². The molecule has 0 unspecified atom stereocenters. The molecule has 0 fully saturated rings. The number of halogens is 3. The number of nitrogens with one attached hydrogen (secondary N) is 1. The summed E-state index contributed by atoms with van der Waals surface area (Å²) in [6.07, 6.45) is 0. The van der Waals surface area contributed by atoms with Gasteiger partial charge in [-0.3, -0.25) is 4.99 Å². The number of hydrogen-bond acceptors (Lipinski definition) is 2. The summed E-state index contributed by atoms with van der Waals surface area (Å²) in [7, 11) is 0. The van der Waals surface area contributed by atoms with E-state index in [9.17, 15) is 4.39 Å². The second-order valence-electron chi connectivity index (χ2n) is 4.13. The summed E-state index contributed by atoms with van der Waals surface area (Å²) in [4.78, 5) is 7.88. The molecule has 0 amide bonds. The molecule has 19 heavy (non-hydrogen) atoms. The summed E-state index contributed by atoms with van der Waals surface area (Å²) in [5, 5.41) is 0.215. The third-order valence-electron chi connectivity index (χ3n) is 1.83. The number of rotatable bonds is 3. The normalized spacial score (nSPS) is 12.9. The van der Waals surface area contributed by atoms with Crippen molar-refractivity contribution in [1.29, 1.82) is 0 Å². The summed E-state index contributed by atoms with van der Waals surface area (Å²) in [5.74, 6) is -0.0148. The van der Waals surface area contributed by atoms with E-state index in [1.54, 1.807) is 0 Å². The number of nitrogens with zero attached hydrogens (tertiary/aromatic N) is 2. The summed E-state index contributed by atoms with van der Waals surface area (Å²) in [5.41, 5.74) is 7.25. The Hall–Kier alpha value is -1.14. The smallest absolute Gasteiger partial charge is 0.209 e. The van der Waals surface area contributed by atoms with Crippen LogP contribution in [0, 0.1) is 11.7 Å². The molecule has 0 saturated heterocycles. The topological polar surface area (TPSA) is 57.8 Å². The van der Waals surface area contributed by atoms with Crippen molar-refractivity contribution in [1.82, 2.24) is 0 Å². The van der Waals surface area contributed by atoms with Gasteiger partial charge in [-0.2, -0.15) is 0 Å². The molecule has 0 radical (unpaired) electrons. The van der Waals surface area contributed by atoms with Crippen LogP contribution in [0.25, 0.3) is 5.73 Å². The molecule has 0 aliphatic rings. The van der Waals surface area contributed by atoms with Gasteiger partial charge in [0.15, 0.2) is 0 Å². The zero-order chi connectivity index (χ0) is 14.4. The van der Waals surface area contributed by atoms with Crippen molar-refractivity contribution >= 4 is 38.3 Å². The van der Waals surface area contributed by atoms with Gasteiger partial charge in [0.25, 0.3) is 0 Å². The first kappa shape index (κ1) is 15.9. The van der Waals surface area contributed by atoms with Crippen LogP contribution < -0.4 is 4.74 Å². The number of ether oxygens (including phenoxy) is 1. The van der Waals surface area contributed by atoms with Crippen molar-refractivity contribution in [2.24, 2.45) is 15.9 Å². The first-order valence-electron chi connectivity index (χ1n) is 5.51. The monoisotopic (exact) mass is 348 g/mol. The number of amidine groups is 2. The van der Waals surface area contributed by atoms with Gasteiger partial charge in [-0.1, -0.05) is 41.4 Å². The Kier molecular flexibility index (Phi) is 6.24. The Morgan fingerprint density at radius 3 is 2.68 bits per heavy atom. The molecule has 0 saturated carbocycles. The Labute approximate surface area is 124 Å². The highest BCUT2D eigenvalue weighted by molar-refractivity contribution is 9.18. The molecule has 4 nitrogen and oxygen atoms in total. The average Bonchev–Trinajstić information content (AvgIpc) is 2.23. The molecule has 0 heterocycles. The summed E-state index contributed by atoms with van der Waals surface area (Å²) in [6.45, 7) is 4.46. The zero-order valence-electron chi connectivity index (χ0n) is 10.5. The molecule has 1 N–H and O–H groups in total. The first-order chi connectivity index (χ1) is 8.86. The van der Waals surface area contributed by atoms with Crippen molar-refractivity contribution in [3.05, 3.63) is 34.8 Å². The molecule has 0 aliphatic carbocycles. The predicted octanol–water partition coefficient (Wildman–Crippen LogP) is 4.67. The third kappa shape index (κ3) is 6.54. The van der Waals surface area contributed by atoms with Gasteiger partial charge in [-0.05, 0) is 22.8 Å². The van der Waals surface area contributed by atoms with E-state index in [1.165, 1.54) is 18.2 Å². The molecular formula is C12H13BrClFN3O-. The molecule has 0 aromatic heterocycles. The third-order valence-corrected chi connectivity index (χ3v) is 2.23. The lowest BCUT2D eigenvalue weighted by atomic mass is 10.2. The lowest BCUT2D eigenvalue weighted by molar-refractivity contribution is 0.523. The van der Waals surface area contributed by atoms with Gasteiger partial charge in [0.05, 0.1) is 0 Å². The summed E-state index contributed by atoms with van der Waals surface area (Å²) >= 11 is 8.60. The van der Waals surface area contributed by atoms with Crippen LogP contribution in [0.2, 0.25) is 5.02 Å². The molecule has 1 rings (SSSR count). The van der Waals surface area contributed by atoms with E-state index >= 15 is 0 Å². The van der Waals surface area contributed by atoms with Crippen molar-refractivity contribution < 1.29 is 9.13 Å². The molecule has 7 heteroatoms. The van der Waals surface area contributed by atoms with Gasteiger partial charge < -0.3 is 15.5 Å². The highest BCUT2D eigenvalue weighted by atomic mass is 79.9. The van der Waals surface area contributed by atoms with Crippen LogP contribution >= 0.6 is 27.5 Å². The lowest BCUT2D eigenvalue weighted by Crippen LogP contribution is -2.09. The van der Waals surface area contributed by atoms with Crippen LogP contribution in [0.15, 0.2) is 28.2 Å². The maximum Gasteiger partial charge on any atom is 0.209 e.